The first-order valence-electron chi connectivity index (χ1n) is 8.33. The molecule has 6 nitrogen and oxygen atoms in total. The molecule has 0 spiro atoms. The van der Waals surface area contributed by atoms with Crippen molar-refractivity contribution in [2.24, 2.45) is 11.1 Å². The molecule has 0 radical (unpaired) electrons. The largest absolute Gasteiger partial charge is 0.342 e. The van der Waals surface area contributed by atoms with Gasteiger partial charge in [-0.2, -0.15) is 5.26 Å². The van der Waals surface area contributed by atoms with E-state index >= 15 is 0 Å². The summed E-state index contributed by atoms with van der Waals surface area (Å²) < 4.78 is 0. The molecule has 2 rings (SSSR count). The smallest absolute Gasteiger partial charge is 0.266 e. The molecule has 1 aromatic rings. The van der Waals surface area contributed by atoms with E-state index in [2.05, 4.69) is 18.8 Å². The summed E-state index contributed by atoms with van der Waals surface area (Å²) in [6.45, 7) is 9.11. The second-order valence-corrected chi connectivity index (χ2v) is 7.37. The number of carbonyl (C=O) groups is 1. The molecule has 1 atom stereocenters. The summed E-state index contributed by atoms with van der Waals surface area (Å²) in [6.07, 6.45) is 1.70. The van der Waals surface area contributed by atoms with Crippen LogP contribution in [0.25, 0.3) is 0 Å². The van der Waals surface area contributed by atoms with Crippen molar-refractivity contribution in [1.82, 2.24) is 9.88 Å². The molecular weight excluding hydrogens is 304 g/mol. The molecule has 0 aliphatic carbocycles. The van der Waals surface area contributed by atoms with Crippen molar-refractivity contribution in [2.45, 2.75) is 53.0 Å². The van der Waals surface area contributed by atoms with Crippen LogP contribution in [0, 0.1) is 30.6 Å². The van der Waals surface area contributed by atoms with Gasteiger partial charge in [-0.25, -0.2) is 0 Å². The van der Waals surface area contributed by atoms with E-state index in [1.165, 1.54) is 0 Å². The van der Waals surface area contributed by atoms with Crippen LogP contribution in [0.1, 0.15) is 49.1 Å². The minimum absolute atomic E-state index is 0.0777. The predicted octanol–water partition coefficient (Wildman–Crippen LogP) is 1.38. The lowest BCUT2D eigenvalue weighted by Gasteiger charge is -2.42. The number of aromatic nitrogens is 1. The molecule has 1 saturated heterocycles. The minimum atomic E-state index is -0.366. The zero-order chi connectivity index (χ0) is 18.1. The highest BCUT2D eigenvalue weighted by Crippen LogP contribution is 2.28. The Morgan fingerprint density at radius 3 is 2.71 bits per heavy atom. The zero-order valence-electron chi connectivity index (χ0n) is 14.9. The summed E-state index contributed by atoms with van der Waals surface area (Å²) in [4.78, 5) is 28.9. The molecule has 1 aliphatic heterocycles. The number of pyridine rings is 1. The Morgan fingerprint density at radius 2 is 2.12 bits per heavy atom. The van der Waals surface area contributed by atoms with Crippen LogP contribution in [-0.2, 0) is 11.2 Å². The summed E-state index contributed by atoms with van der Waals surface area (Å²) in [7, 11) is 0. The van der Waals surface area contributed by atoms with Crippen molar-refractivity contribution in [2.75, 3.05) is 13.1 Å². The van der Waals surface area contributed by atoms with Crippen LogP contribution in [-0.4, -0.2) is 34.9 Å². The van der Waals surface area contributed by atoms with Crippen molar-refractivity contribution in [1.29, 1.82) is 5.26 Å². The topological polar surface area (TPSA) is 103 Å². The number of nitrogens with zero attached hydrogens (tertiary/aromatic N) is 2. The van der Waals surface area contributed by atoms with Gasteiger partial charge in [0.2, 0.25) is 5.91 Å². The van der Waals surface area contributed by atoms with Crippen molar-refractivity contribution >= 4 is 5.91 Å². The number of rotatable bonds is 3. The number of piperidine rings is 1. The van der Waals surface area contributed by atoms with Gasteiger partial charge >= 0.3 is 0 Å². The van der Waals surface area contributed by atoms with Gasteiger partial charge in [-0.05, 0) is 43.2 Å². The molecule has 1 fully saturated rings. The van der Waals surface area contributed by atoms with Crippen molar-refractivity contribution in [3.63, 3.8) is 0 Å². The van der Waals surface area contributed by atoms with Gasteiger partial charge in [0.25, 0.3) is 5.56 Å². The van der Waals surface area contributed by atoms with E-state index in [9.17, 15) is 9.59 Å². The highest BCUT2D eigenvalue weighted by molar-refractivity contribution is 5.76. The van der Waals surface area contributed by atoms with Crippen LogP contribution < -0.4 is 11.3 Å². The van der Waals surface area contributed by atoms with Gasteiger partial charge in [-0.3, -0.25) is 9.59 Å². The number of nitrogens with one attached hydrogen (secondary N) is 1. The molecular formula is C18H26N4O2. The van der Waals surface area contributed by atoms with Crippen LogP contribution >= 0.6 is 0 Å². The normalized spacial score (nSPS) is 19.8. The SMILES string of the molecule is Cc1[nH]c(=O)c(C#N)c(C)c1CCC(=O)N1CCC(N)C(C)(C)C1. The van der Waals surface area contributed by atoms with Crippen molar-refractivity contribution in [3.05, 3.63) is 32.7 Å². The minimum Gasteiger partial charge on any atom is -0.342 e. The summed E-state index contributed by atoms with van der Waals surface area (Å²) in [6, 6.07) is 2.06. The fraction of sp³-hybridized carbons (Fsp3) is 0.611. The van der Waals surface area contributed by atoms with Gasteiger partial charge in [0.05, 0.1) is 0 Å². The second kappa shape index (κ2) is 6.78. The van der Waals surface area contributed by atoms with E-state index in [1.54, 1.807) is 13.8 Å². The van der Waals surface area contributed by atoms with Crippen LogP contribution in [0.3, 0.4) is 0 Å². The lowest BCUT2D eigenvalue weighted by molar-refractivity contribution is -0.134. The number of nitriles is 1. The third-order valence-corrected chi connectivity index (χ3v) is 5.17. The molecule has 2 heterocycles. The number of hydrogen-bond acceptors (Lipinski definition) is 4. The number of H-pyrrole nitrogens is 1. The fourth-order valence-corrected chi connectivity index (χ4v) is 3.40. The third-order valence-electron chi connectivity index (χ3n) is 5.17. The Kier molecular flexibility index (Phi) is 5.14. The van der Waals surface area contributed by atoms with Crippen LogP contribution in [0.2, 0.25) is 0 Å². The average molecular weight is 330 g/mol. The lowest BCUT2D eigenvalue weighted by Crippen LogP contribution is -2.54. The van der Waals surface area contributed by atoms with Crippen molar-refractivity contribution < 1.29 is 4.79 Å². The first kappa shape index (κ1) is 18.2. The van der Waals surface area contributed by atoms with E-state index in [0.29, 0.717) is 31.5 Å². The molecule has 1 unspecified atom stereocenters. The first-order chi connectivity index (χ1) is 11.2. The van der Waals surface area contributed by atoms with Gasteiger partial charge in [-0.1, -0.05) is 13.8 Å². The number of aryl methyl sites for hydroxylation is 1. The Labute approximate surface area is 142 Å². The molecule has 1 amide bonds. The van der Waals surface area contributed by atoms with Gasteiger partial charge in [0, 0.05) is 31.2 Å². The van der Waals surface area contributed by atoms with Gasteiger partial charge in [-0.15, -0.1) is 0 Å². The maximum absolute atomic E-state index is 12.6. The van der Waals surface area contributed by atoms with Crippen LogP contribution in [0.4, 0.5) is 0 Å². The zero-order valence-corrected chi connectivity index (χ0v) is 14.9. The fourth-order valence-electron chi connectivity index (χ4n) is 3.40. The Balaban J connectivity index is 2.11. The number of hydrogen-bond donors (Lipinski definition) is 2. The van der Waals surface area contributed by atoms with Crippen LogP contribution in [0.5, 0.6) is 0 Å². The molecule has 6 heteroatoms. The highest BCUT2D eigenvalue weighted by atomic mass is 16.2. The standard InChI is InChI=1S/C18H26N4O2/c1-11-13(12(2)21-17(24)14(11)9-19)5-6-16(23)22-8-7-15(20)18(3,4)10-22/h15H,5-8,10,20H2,1-4H3,(H,21,24). The quantitative estimate of drug-likeness (QED) is 0.874. The number of likely N-dealkylation sites (tertiary alicyclic amines) is 1. The molecule has 0 aromatic carbocycles. The van der Waals surface area contributed by atoms with Gasteiger partial charge < -0.3 is 15.6 Å². The third kappa shape index (κ3) is 3.51. The Hall–Kier alpha value is -2.13. The summed E-state index contributed by atoms with van der Waals surface area (Å²) in [5, 5.41) is 9.12. The van der Waals surface area contributed by atoms with Gasteiger partial charge in [0.1, 0.15) is 11.6 Å². The first-order valence-corrected chi connectivity index (χ1v) is 8.33. The maximum Gasteiger partial charge on any atom is 0.266 e. The van der Waals surface area contributed by atoms with Crippen LogP contribution in [0.15, 0.2) is 4.79 Å². The number of aromatic amines is 1. The Morgan fingerprint density at radius 1 is 1.46 bits per heavy atom. The molecule has 3 N–H and O–H groups in total. The number of nitrogens with two attached hydrogens (primary N) is 1. The summed E-state index contributed by atoms with van der Waals surface area (Å²) >= 11 is 0. The number of carbonyl (C=O) groups excluding carboxylic acids is 1. The second-order valence-electron chi connectivity index (χ2n) is 7.37. The Bertz CT molecular complexity index is 743. The van der Waals surface area contributed by atoms with E-state index in [1.807, 2.05) is 11.0 Å². The molecule has 24 heavy (non-hydrogen) atoms. The monoisotopic (exact) mass is 330 g/mol. The van der Waals surface area contributed by atoms with E-state index < -0.39 is 0 Å². The van der Waals surface area contributed by atoms with E-state index in [-0.39, 0.29) is 28.5 Å². The molecule has 0 saturated carbocycles. The van der Waals surface area contributed by atoms with E-state index in [0.717, 1.165) is 17.7 Å². The highest BCUT2D eigenvalue weighted by Gasteiger charge is 2.35. The summed E-state index contributed by atoms with van der Waals surface area (Å²) in [5.74, 6) is 0.0958. The number of amides is 1. The molecule has 1 aromatic heterocycles. The van der Waals surface area contributed by atoms with E-state index in [4.69, 9.17) is 11.0 Å². The molecule has 130 valence electrons. The average Bonchev–Trinajstić information content (AvgIpc) is 2.49. The molecule has 1 aliphatic rings. The van der Waals surface area contributed by atoms with Gasteiger partial charge in [0.15, 0.2) is 0 Å². The maximum atomic E-state index is 12.6. The lowest BCUT2D eigenvalue weighted by atomic mass is 9.79. The summed E-state index contributed by atoms with van der Waals surface area (Å²) in [5.41, 5.74) is 8.09. The molecule has 0 bridgehead atoms. The van der Waals surface area contributed by atoms with Crippen molar-refractivity contribution in [3.8, 4) is 6.07 Å². The predicted molar refractivity (Wildman–Crippen MR) is 92.5 cm³/mol.